The summed E-state index contributed by atoms with van der Waals surface area (Å²) in [6, 6.07) is 4.19. The van der Waals surface area contributed by atoms with E-state index in [9.17, 15) is 22.8 Å². The van der Waals surface area contributed by atoms with Crippen molar-refractivity contribution in [2.75, 3.05) is 6.54 Å². The smallest absolute Gasteiger partial charge is 0.416 e. The average Bonchev–Trinajstić information content (AvgIpc) is 2.42. The zero-order valence-corrected chi connectivity index (χ0v) is 12.6. The number of hydrogen-bond acceptors (Lipinski definition) is 2. The van der Waals surface area contributed by atoms with Crippen LogP contribution in [0.25, 0.3) is 0 Å². The number of hydrogen-bond donors (Lipinski definition) is 3. The predicted octanol–water partition coefficient (Wildman–Crippen LogP) is 2.80. The molecule has 0 aliphatic carbocycles. The van der Waals surface area contributed by atoms with E-state index in [1.807, 2.05) is 0 Å². The molecule has 1 atom stereocenters. The number of aliphatic carboxylic acids is 1. The van der Waals surface area contributed by atoms with Crippen molar-refractivity contribution in [2.24, 2.45) is 0 Å². The Hall–Kier alpha value is -2.25. The Kier molecular flexibility index (Phi) is 6.87. The molecule has 0 aliphatic heterocycles. The molecule has 0 heterocycles. The lowest BCUT2D eigenvalue weighted by Gasteiger charge is -2.18. The highest BCUT2D eigenvalue weighted by Gasteiger charge is 2.33. The van der Waals surface area contributed by atoms with Crippen molar-refractivity contribution in [3.8, 4) is 0 Å². The number of amides is 2. The van der Waals surface area contributed by atoms with E-state index in [0.717, 1.165) is 6.07 Å². The fraction of sp³-hybridized carbons (Fsp3) is 0.467. The van der Waals surface area contributed by atoms with E-state index in [1.54, 1.807) is 6.92 Å². The molecule has 2 amide bonds. The van der Waals surface area contributed by atoms with Gasteiger partial charge in [0.15, 0.2) is 0 Å². The lowest BCUT2D eigenvalue weighted by Crippen LogP contribution is -2.42. The van der Waals surface area contributed by atoms with E-state index >= 15 is 0 Å². The van der Waals surface area contributed by atoms with Gasteiger partial charge in [0.25, 0.3) is 0 Å². The number of benzene rings is 1. The summed E-state index contributed by atoms with van der Waals surface area (Å²) in [4.78, 5) is 21.9. The minimum Gasteiger partial charge on any atom is -0.481 e. The molecule has 23 heavy (non-hydrogen) atoms. The first-order chi connectivity index (χ1) is 10.7. The zero-order chi connectivity index (χ0) is 17.5. The number of carbonyl (C=O) groups is 2. The fourth-order valence-electron chi connectivity index (χ4n) is 2.07. The molecule has 0 fully saturated rings. The molecule has 0 saturated heterocycles. The van der Waals surface area contributed by atoms with Gasteiger partial charge in [-0.15, -0.1) is 0 Å². The number of urea groups is 1. The summed E-state index contributed by atoms with van der Waals surface area (Å²) in [7, 11) is 0. The van der Waals surface area contributed by atoms with Crippen LogP contribution in [0, 0.1) is 0 Å². The van der Waals surface area contributed by atoms with Crippen molar-refractivity contribution in [1.82, 2.24) is 10.6 Å². The van der Waals surface area contributed by atoms with Gasteiger partial charge in [0, 0.05) is 19.0 Å². The Labute approximate surface area is 131 Å². The molecule has 1 rings (SSSR count). The second-order valence-corrected chi connectivity index (χ2v) is 5.16. The van der Waals surface area contributed by atoms with E-state index in [0.29, 0.717) is 0 Å². The number of alkyl halides is 3. The summed E-state index contributed by atoms with van der Waals surface area (Å²) < 4.78 is 38.7. The fourth-order valence-corrected chi connectivity index (χ4v) is 2.07. The highest BCUT2D eigenvalue weighted by atomic mass is 19.4. The molecule has 1 aromatic carbocycles. The topological polar surface area (TPSA) is 78.4 Å². The number of nitrogens with one attached hydrogen (secondary N) is 2. The van der Waals surface area contributed by atoms with Crippen LogP contribution in [-0.4, -0.2) is 29.7 Å². The van der Waals surface area contributed by atoms with Gasteiger partial charge in [0.1, 0.15) is 0 Å². The van der Waals surface area contributed by atoms with Crippen LogP contribution in [0.4, 0.5) is 18.0 Å². The van der Waals surface area contributed by atoms with E-state index in [-0.39, 0.29) is 31.4 Å². The summed E-state index contributed by atoms with van der Waals surface area (Å²) >= 11 is 0. The molecule has 0 radical (unpaired) electrons. The summed E-state index contributed by atoms with van der Waals surface area (Å²) in [6.07, 6.45) is -4.17. The van der Waals surface area contributed by atoms with Gasteiger partial charge in [-0.1, -0.05) is 18.2 Å². The normalized spacial score (nSPS) is 12.5. The van der Waals surface area contributed by atoms with Gasteiger partial charge in [-0.3, -0.25) is 4.79 Å². The third-order valence-corrected chi connectivity index (χ3v) is 3.08. The standard InChI is InChI=1S/C15H19F3N2O3/c1-10(20-14(23)19-8-4-7-13(21)22)9-11-5-2-3-6-12(11)15(16,17)18/h2-3,5-6,10H,4,7-9H2,1H3,(H,21,22)(H2,19,20,23). The van der Waals surface area contributed by atoms with E-state index in [4.69, 9.17) is 5.11 Å². The molecular weight excluding hydrogens is 313 g/mol. The molecule has 1 unspecified atom stereocenters. The van der Waals surface area contributed by atoms with Crippen LogP contribution >= 0.6 is 0 Å². The van der Waals surface area contributed by atoms with Gasteiger partial charge in [0.05, 0.1) is 5.56 Å². The number of carboxylic acids is 1. The van der Waals surface area contributed by atoms with Crippen molar-refractivity contribution in [1.29, 1.82) is 0 Å². The first-order valence-corrected chi connectivity index (χ1v) is 7.11. The van der Waals surface area contributed by atoms with Crippen LogP contribution < -0.4 is 10.6 Å². The maximum absolute atomic E-state index is 12.9. The first kappa shape index (κ1) is 18.8. The van der Waals surface area contributed by atoms with Gasteiger partial charge in [-0.05, 0) is 31.4 Å². The zero-order valence-electron chi connectivity index (χ0n) is 12.6. The maximum Gasteiger partial charge on any atom is 0.416 e. The highest BCUT2D eigenvalue weighted by molar-refractivity contribution is 5.74. The molecule has 0 spiro atoms. The monoisotopic (exact) mass is 332 g/mol. The first-order valence-electron chi connectivity index (χ1n) is 7.11. The quantitative estimate of drug-likeness (QED) is 0.672. The van der Waals surface area contributed by atoms with Crippen LogP contribution in [0.3, 0.4) is 0 Å². The number of rotatable bonds is 7. The van der Waals surface area contributed by atoms with Crippen molar-refractivity contribution < 1.29 is 27.9 Å². The van der Waals surface area contributed by atoms with E-state index in [1.165, 1.54) is 18.2 Å². The largest absolute Gasteiger partial charge is 0.481 e. The molecule has 8 heteroatoms. The highest BCUT2D eigenvalue weighted by Crippen LogP contribution is 2.32. The van der Waals surface area contributed by atoms with Crippen LogP contribution in [-0.2, 0) is 17.4 Å². The summed E-state index contributed by atoms with van der Waals surface area (Å²) in [5.41, 5.74) is -0.603. The minimum atomic E-state index is -4.44. The average molecular weight is 332 g/mol. The lowest BCUT2D eigenvalue weighted by molar-refractivity contribution is -0.138. The molecule has 5 nitrogen and oxygen atoms in total. The molecule has 0 aliphatic rings. The molecule has 128 valence electrons. The Morgan fingerprint density at radius 3 is 2.52 bits per heavy atom. The minimum absolute atomic E-state index is 0.0399. The molecule has 3 N–H and O–H groups in total. The van der Waals surface area contributed by atoms with E-state index in [2.05, 4.69) is 10.6 Å². The van der Waals surface area contributed by atoms with Crippen LogP contribution in [0.2, 0.25) is 0 Å². The third-order valence-electron chi connectivity index (χ3n) is 3.08. The van der Waals surface area contributed by atoms with Crippen molar-refractivity contribution >= 4 is 12.0 Å². The molecule has 0 bridgehead atoms. The number of halogens is 3. The maximum atomic E-state index is 12.9. The SMILES string of the molecule is CC(Cc1ccccc1C(F)(F)F)NC(=O)NCCCC(=O)O. The second-order valence-electron chi connectivity index (χ2n) is 5.16. The molecule has 0 aromatic heterocycles. The molecule has 0 saturated carbocycles. The summed E-state index contributed by atoms with van der Waals surface area (Å²) in [5.74, 6) is -0.954. The van der Waals surface area contributed by atoms with Gasteiger partial charge < -0.3 is 15.7 Å². The number of carbonyl (C=O) groups excluding carboxylic acids is 1. The Balaban J connectivity index is 2.49. The Morgan fingerprint density at radius 1 is 1.26 bits per heavy atom. The Morgan fingerprint density at radius 2 is 1.91 bits per heavy atom. The van der Waals surface area contributed by atoms with Crippen LogP contribution in [0.15, 0.2) is 24.3 Å². The van der Waals surface area contributed by atoms with Crippen molar-refractivity contribution in [3.05, 3.63) is 35.4 Å². The number of carboxylic acid groups (broad SMARTS) is 1. The van der Waals surface area contributed by atoms with Gasteiger partial charge >= 0.3 is 18.2 Å². The summed E-state index contributed by atoms with van der Waals surface area (Å²) in [6.45, 7) is 1.79. The Bertz CT molecular complexity index is 547. The van der Waals surface area contributed by atoms with Crippen LogP contribution in [0.1, 0.15) is 30.9 Å². The van der Waals surface area contributed by atoms with Crippen LogP contribution in [0.5, 0.6) is 0 Å². The lowest BCUT2D eigenvalue weighted by atomic mass is 10.0. The van der Waals surface area contributed by atoms with Crippen molar-refractivity contribution in [2.45, 2.75) is 38.4 Å². The summed E-state index contributed by atoms with van der Waals surface area (Å²) in [5, 5.41) is 13.5. The second kappa shape index (κ2) is 8.40. The van der Waals surface area contributed by atoms with Gasteiger partial charge in [-0.25, -0.2) is 4.79 Å². The van der Waals surface area contributed by atoms with Gasteiger partial charge in [0.2, 0.25) is 0 Å². The van der Waals surface area contributed by atoms with Gasteiger partial charge in [-0.2, -0.15) is 13.2 Å². The predicted molar refractivity (Wildman–Crippen MR) is 78.0 cm³/mol. The van der Waals surface area contributed by atoms with Crippen molar-refractivity contribution in [3.63, 3.8) is 0 Å². The molecular formula is C15H19F3N2O3. The molecule has 1 aromatic rings. The third kappa shape index (κ3) is 7.03. The van der Waals surface area contributed by atoms with E-state index < -0.39 is 29.8 Å².